The Bertz CT molecular complexity index is 489. The van der Waals surface area contributed by atoms with E-state index < -0.39 is 23.4 Å². The number of rotatable bonds is 3. The predicted molar refractivity (Wildman–Crippen MR) is 69.0 cm³/mol. The number of nitrogens with zero attached hydrogens (tertiary/aromatic N) is 1. The maximum Gasteiger partial charge on any atom is 0.407 e. The van der Waals surface area contributed by atoms with Gasteiger partial charge in [0, 0.05) is 6.54 Å². The normalized spacial score (nSPS) is 12.4. The standard InChI is InChI=1S/C14H17FN2O2/c1-14(2,3)19-13(18)17-9-11(8-16)10-5-4-6-12(15)7-10/h4-7,11H,9H2,1-3H3,(H,17,18). The highest BCUT2D eigenvalue weighted by atomic mass is 19.1. The molecule has 1 N–H and O–H groups in total. The van der Waals surface area contributed by atoms with Crippen LogP contribution in [0.1, 0.15) is 32.3 Å². The molecule has 0 saturated heterocycles. The molecule has 1 atom stereocenters. The first kappa shape index (κ1) is 15.0. The minimum Gasteiger partial charge on any atom is -0.444 e. The third-order valence-electron chi connectivity index (χ3n) is 2.26. The van der Waals surface area contributed by atoms with E-state index in [1.54, 1.807) is 26.8 Å². The SMILES string of the molecule is CC(C)(C)OC(=O)NCC(C#N)c1cccc(F)c1. The summed E-state index contributed by atoms with van der Waals surface area (Å²) in [7, 11) is 0. The molecule has 1 unspecified atom stereocenters. The quantitative estimate of drug-likeness (QED) is 0.913. The molecule has 19 heavy (non-hydrogen) atoms. The van der Waals surface area contributed by atoms with Gasteiger partial charge in [0.25, 0.3) is 0 Å². The molecular formula is C14H17FN2O2. The number of carbonyl (C=O) groups excluding carboxylic acids is 1. The van der Waals surface area contributed by atoms with Crippen LogP contribution in [0.5, 0.6) is 0 Å². The molecule has 0 aliphatic carbocycles. The van der Waals surface area contributed by atoms with Gasteiger partial charge < -0.3 is 10.1 Å². The van der Waals surface area contributed by atoms with Crippen molar-refractivity contribution in [2.24, 2.45) is 0 Å². The summed E-state index contributed by atoms with van der Waals surface area (Å²) in [4.78, 5) is 11.5. The molecule has 0 radical (unpaired) electrons. The number of halogens is 1. The summed E-state index contributed by atoms with van der Waals surface area (Å²) in [6.45, 7) is 5.33. The van der Waals surface area contributed by atoms with Crippen molar-refractivity contribution in [2.75, 3.05) is 6.54 Å². The Morgan fingerprint density at radius 1 is 1.53 bits per heavy atom. The Morgan fingerprint density at radius 2 is 2.21 bits per heavy atom. The van der Waals surface area contributed by atoms with Crippen LogP contribution in [0.25, 0.3) is 0 Å². The molecule has 0 saturated carbocycles. The van der Waals surface area contributed by atoms with Gasteiger partial charge in [0.1, 0.15) is 11.4 Å². The number of ether oxygens (including phenoxy) is 1. The molecule has 1 rings (SSSR count). The fourth-order valence-electron chi connectivity index (χ4n) is 1.46. The van der Waals surface area contributed by atoms with E-state index in [0.717, 1.165) is 0 Å². The number of carbonyl (C=O) groups is 1. The number of hydrogen-bond donors (Lipinski definition) is 1. The highest BCUT2D eigenvalue weighted by molar-refractivity contribution is 5.67. The van der Waals surface area contributed by atoms with Gasteiger partial charge in [-0.2, -0.15) is 5.26 Å². The van der Waals surface area contributed by atoms with E-state index in [4.69, 9.17) is 10.00 Å². The molecule has 0 aromatic heterocycles. The summed E-state index contributed by atoms with van der Waals surface area (Å²) in [5.74, 6) is -1.02. The maximum absolute atomic E-state index is 13.1. The molecule has 1 amide bonds. The van der Waals surface area contributed by atoms with Crippen LogP contribution in [0.2, 0.25) is 0 Å². The molecular weight excluding hydrogens is 247 g/mol. The smallest absolute Gasteiger partial charge is 0.407 e. The van der Waals surface area contributed by atoms with Gasteiger partial charge in [-0.1, -0.05) is 12.1 Å². The average Bonchev–Trinajstić information content (AvgIpc) is 2.27. The number of alkyl carbamates (subject to hydrolysis) is 1. The Balaban J connectivity index is 2.60. The van der Waals surface area contributed by atoms with Crippen LogP contribution in [0.15, 0.2) is 24.3 Å². The Kier molecular flexibility index (Phi) is 4.87. The van der Waals surface area contributed by atoms with Gasteiger partial charge in [-0.25, -0.2) is 9.18 Å². The molecule has 0 heterocycles. The highest BCUT2D eigenvalue weighted by Gasteiger charge is 2.18. The molecule has 0 spiro atoms. The van der Waals surface area contributed by atoms with Gasteiger partial charge in [0.2, 0.25) is 0 Å². The molecule has 0 aliphatic rings. The summed E-state index contributed by atoms with van der Waals surface area (Å²) < 4.78 is 18.1. The zero-order chi connectivity index (χ0) is 14.5. The first-order valence-corrected chi connectivity index (χ1v) is 5.94. The lowest BCUT2D eigenvalue weighted by molar-refractivity contribution is 0.0527. The summed E-state index contributed by atoms with van der Waals surface area (Å²) in [6.07, 6.45) is -0.593. The molecule has 102 valence electrons. The molecule has 1 aromatic rings. The van der Waals surface area contributed by atoms with Gasteiger partial charge in [-0.05, 0) is 38.5 Å². The van der Waals surface area contributed by atoms with Crippen molar-refractivity contribution in [1.82, 2.24) is 5.32 Å². The average molecular weight is 264 g/mol. The van der Waals surface area contributed by atoms with E-state index in [-0.39, 0.29) is 6.54 Å². The first-order valence-electron chi connectivity index (χ1n) is 5.94. The van der Waals surface area contributed by atoms with Crippen molar-refractivity contribution in [2.45, 2.75) is 32.3 Å². The largest absolute Gasteiger partial charge is 0.444 e. The summed E-state index contributed by atoms with van der Waals surface area (Å²) in [5.41, 5.74) is -0.0657. The van der Waals surface area contributed by atoms with Gasteiger partial charge in [-0.3, -0.25) is 0 Å². The first-order chi connectivity index (χ1) is 8.81. The maximum atomic E-state index is 13.1. The predicted octanol–water partition coefficient (Wildman–Crippen LogP) is 2.96. The van der Waals surface area contributed by atoms with E-state index in [0.29, 0.717) is 5.56 Å². The number of nitrogens with one attached hydrogen (secondary N) is 1. The monoisotopic (exact) mass is 264 g/mol. The van der Waals surface area contributed by atoms with Crippen LogP contribution in [0.4, 0.5) is 9.18 Å². The molecule has 0 fully saturated rings. The zero-order valence-corrected chi connectivity index (χ0v) is 11.2. The second-order valence-electron chi connectivity index (χ2n) is 5.12. The van der Waals surface area contributed by atoms with Crippen molar-refractivity contribution in [3.05, 3.63) is 35.6 Å². The Morgan fingerprint density at radius 3 is 2.74 bits per heavy atom. The fourth-order valence-corrected chi connectivity index (χ4v) is 1.46. The molecule has 0 bridgehead atoms. The minimum absolute atomic E-state index is 0.0782. The summed E-state index contributed by atoms with van der Waals surface area (Å²) in [6, 6.07) is 7.79. The van der Waals surface area contributed by atoms with E-state index in [2.05, 4.69) is 5.32 Å². The summed E-state index contributed by atoms with van der Waals surface area (Å²) in [5, 5.41) is 11.6. The zero-order valence-electron chi connectivity index (χ0n) is 11.2. The topological polar surface area (TPSA) is 62.1 Å². The number of nitriles is 1. The second kappa shape index (κ2) is 6.19. The van der Waals surface area contributed by atoms with Gasteiger partial charge in [0.15, 0.2) is 0 Å². The van der Waals surface area contributed by atoms with Crippen molar-refractivity contribution < 1.29 is 13.9 Å². The summed E-state index contributed by atoms with van der Waals surface area (Å²) >= 11 is 0. The van der Waals surface area contributed by atoms with Crippen molar-refractivity contribution in [3.63, 3.8) is 0 Å². The van der Waals surface area contributed by atoms with Gasteiger partial charge in [0.05, 0.1) is 12.0 Å². The fraction of sp³-hybridized carbons (Fsp3) is 0.429. The lowest BCUT2D eigenvalue weighted by Gasteiger charge is -2.20. The van der Waals surface area contributed by atoms with E-state index in [9.17, 15) is 9.18 Å². The van der Waals surface area contributed by atoms with Crippen LogP contribution in [-0.4, -0.2) is 18.2 Å². The third kappa shape index (κ3) is 5.38. The lowest BCUT2D eigenvalue weighted by atomic mass is 10.0. The Labute approximate surface area is 112 Å². The molecule has 4 nitrogen and oxygen atoms in total. The Hall–Kier alpha value is -2.09. The lowest BCUT2D eigenvalue weighted by Crippen LogP contribution is -2.34. The third-order valence-corrected chi connectivity index (χ3v) is 2.26. The number of hydrogen-bond acceptors (Lipinski definition) is 3. The van der Waals surface area contributed by atoms with E-state index >= 15 is 0 Å². The van der Waals surface area contributed by atoms with E-state index in [1.165, 1.54) is 18.2 Å². The van der Waals surface area contributed by atoms with Gasteiger partial charge >= 0.3 is 6.09 Å². The second-order valence-corrected chi connectivity index (χ2v) is 5.12. The van der Waals surface area contributed by atoms with Crippen LogP contribution < -0.4 is 5.32 Å². The molecule has 0 aliphatic heterocycles. The minimum atomic E-state index is -0.608. The van der Waals surface area contributed by atoms with Crippen LogP contribution in [0.3, 0.4) is 0 Å². The molecule has 5 heteroatoms. The van der Waals surface area contributed by atoms with Crippen molar-refractivity contribution in [1.29, 1.82) is 5.26 Å². The number of benzene rings is 1. The highest BCUT2D eigenvalue weighted by Crippen LogP contribution is 2.15. The number of amides is 1. The van der Waals surface area contributed by atoms with Crippen LogP contribution in [0, 0.1) is 17.1 Å². The molecule has 1 aromatic carbocycles. The van der Waals surface area contributed by atoms with Crippen LogP contribution >= 0.6 is 0 Å². The van der Waals surface area contributed by atoms with Crippen molar-refractivity contribution >= 4 is 6.09 Å². The van der Waals surface area contributed by atoms with Gasteiger partial charge in [-0.15, -0.1) is 0 Å². The van der Waals surface area contributed by atoms with Crippen molar-refractivity contribution in [3.8, 4) is 6.07 Å². The van der Waals surface area contributed by atoms with E-state index in [1.807, 2.05) is 6.07 Å². The van der Waals surface area contributed by atoms with Crippen LogP contribution in [-0.2, 0) is 4.74 Å².